The summed E-state index contributed by atoms with van der Waals surface area (Å²) in [6.45, 7) is 5.06. The Hall–Kier alpha value is -1.38. The van der Waals surface area contributed by atoms with Gasteiger partial charge in [-0.1, -0.05) is 6.92 Å². The Balaban J connectivity index is 0.000000816. The molecule has 0 saturated carbocycles. The molecule has 1 fully saturated rings. The van der Waals surface area contributed by atoms with E-state index >= 15 is 0 Å². The number of hydrogen-bond acceptors (Lipinski definition) is 5. The van der Waals surface area contributed by atoms with E-state index in [1.54, 1.807) is 6.26 Å². The quantitative estimate of drug-likeness (QED) is 0.726. The minimum absolute atomic E-state index is 0.227. The average molecular weight is 346 g/mol. The number of furan rings is 1. The zero-order valence-corrected chi connectivity index (χ0v) is 14.3. The summed E-state index contributed by atoms with van der Waals surface area (Å²) < 4.78 is 31.3. The predicted molar refractivity (Wildman–Crippen MR) is 87.5 cm³/mol. The van der Waals surface area contributed by atoms with Gasteiger partial charge >= 0.3 is 0 Å². The van der Waals surface area contributed by atoms with Gasteiger partial charge in [0.1, 0.15) is 5.76 Å². The van der Waals surface area contributed by atoms with Gasteiger partial charge in [0.2, 0.25) is 10.0 Å². The number of sulfonamides is 1. The van der Waals surface area contributed by atoms with Crippen LogP contribution in [0.4, 0.5) is 0 Å². The van der Waals surface area contributed by atoms with E-state index in [4.69, 9.17) is 14.3 Å². The van der Waals surface area contributed by atoms with E-state index in [0.717, 1.165) is 38.2 Å². The van der Waals surface area contributed by atoms with E-state index in [1.807, 2.05) is 19.1 Å². The second-order valence-corrected chi connectivity index (χ2v) is 7.50. The fourth-order valence-electron chi connectivity index (χ4n) is 2.56. The van der Waals surface area contributed by atoms with Crippen molar-refractivity contribution in [2.75, 3.05) is 25.4 Å². The number of nitrogens with zero attached hydrogens (tertiary/aromatic N) is 1. The molecule has 8 heteroatoms. The third-order valence-electron chi connectivity index (χ3n) is 3.73. The molecular weight excluding hydrogens is 320 g/mol. The van der Waals surface area contributed by atoms with Crippen molar-refractivity contribution in [2.24, 2.45) is 5.92 Å². The van der Waals surface area contributed by atoms with Crippen molar-refractivity contribution in [1.29, 1.82) is 0 Å². The molecule has 0 aliphatic carbocycles. The average Bonchev–Trinajstić information content (AvgIpc) is 3.00. The van der Waals surface area contributed by atoms with Crippen molar-refractivity contribution in [3.63, 3.8) is 0 Å². The highest BCUT2D eigenvalue weighted by Crippen LogP contribution is 2.18. The van der Waals surface area contributed by atoms with Crippen molar-refractivity contribution >= 4 is 16.5 Å². The van der Waals surface area contributed by atoms with Crippen LogP contribution in [-0.4, -0.2) is 50.3 Å². The minimum Gasteiger partial charge on any atom is -0.483 e. The molecule has 0 unspecified atom stereocenters. The second-order valence-electron chi connectivity index (χ2n) is 5.57. The normalized spacial score (nSPS) is 16.6. The lowest BCUT2D eigenvalue weighted by molar-refractivity contribution is -0.122. The zero-order valence-electron chi connectivity index (χ0n) is 13.5. The van der Waals surface area contributed by atoms with E-state index in [1.165, 1.54) is 0 Å². The van der Waals surface area contributed by atoms with Gasteiger partial charge in [0.25, 0.3) is 6.47 Å². The van der Waals surface area contributed by atoms with Gasteiger partial charge in [-0.05, 0) is 50.4 Å². The molecule has 2 rings (SSSR count). The topological polar surface area (TPSA) is 99.9 Å². The predicted octanol–water partition coefficient (Wildman–Crippen LogP) is 1.52. The first-order valence-corrected chi connectivity index (χ1v) is 9.46. The van der Waals surface area contributed by atoms with Gasteiger partial charge < -0.3 is 9.52 Å². The van der Waals surface area contributed by atoms with Gasteiger partial charge in [0.15, 0.2) is 0 Å². The smallest absolute Gasteiger partial charge is 0.290 e. The summed E-state index contributed by atoms with van der Waals surface area (Å²) >= 11 is 0. The molecule has 2 N–H and O–H groups in total. The van der Waals surface area contributed by atoms with Gasteiger partial charge in [0, 0.05) is 6.54 Å². The third kappa shape index (κ3) is 8.15. The molecule has 1 aliphatic heterocycles. The van der Waals surface area contributed by atoms with E-state index < -0.39 is 10.0 Å². The Labute approximate surface area is 137 Å². The molecule has 0 radical (unpaired) electrons. The molecule has 2 heterocycles. The molecule has 7 nitrogen and oxygen atoms in total. The van der Waals surface area contributed by atoms with Crippen LogP contribution in [0, 0.1) is 5.92 Å². The van der Waals surface area contributed by atoms with Gasteiger partial charge in [-0.2, -0.15) is 0 Å². The van der Waals surface area contributed by atoms with Crippen LogP contribution in [0.15, 0.2) is 22.8 Å². The zero-order chi connectivity index (χ0) is 17.1. The Morgan fingerprint density at radius 3 is 2.61 bits per heavy atom. The number of piperidine rings is 1. The maximum atomic E-state index is 11.6. The second kappa shape index (κ2) is 10.4. The monoisotopic (exact) mass is 346 g/mol. The summed E-state index contributed by atoms with van der Waals surface area (Å²) in [7, 11) is -3.06. The highest BCUT2D eigenvalue weighted by atomic mass is 32.2. The van der Waals surface area contributed by atoms with Gasteiger partial charge in [-0.15, -0.1) is 0 Å². The Morgan fingerprint density at radius 2 is 2.09 bits per heavy atom. The molecule has 1 aromatic heterocycles. The highest BCUT2D eigenvalue weighted by Gasteiger charge is 2.21. The van der Waals surface area contributed by atoms with Crippen molar-refractivity contribution in [1.82, 2.24) is 9.62 Å². The fourth-order valence-corrected chi connectivity index (χ4v) is 3.73. The molecule has 23 heavy (non-hydrogen) atoms. The van der Waals surface area contributed by atoms with Crippen molar-refractivity contribution < 1.29 is 22.7 Å². The number of carbonyl (C=O) groups is 1. The lowest BCUT2D eigenvalue weighted by atomic mass is 9.97. The Bertz CT molecular complexity index is 522. The largest absolute Gasteiger partial charge is 0.483 e. The molecule has 1 aromatic rings. The van der Waals surface area contributed by atoms with Crippen molar-refractivity contribution in [2.45, 2.75) is 32.7 Å². The van der Waals surface area contributed by atoms with Crippen LogP contribution in [-0.2, 0) is 21.4 Å². The molecule has 1 aliphatic rings. The van der Waals surface area contributed by atoms with Crippen LogP contribution in [0.1, 0.15) is 31.9 Å². The number of hydrogen-bond donors (Lipinski definition) is 2. The summed E-state index contributed by atoms with van der Waals surface area (Å²) in [5, 5.41) is 6.89. The molecule has 132 valence electrons. The number of nitrogens with one attached hydrogen (secondary N) is 1. The lowest BCUT2D eigenvalue weighted by Crippen LogP contribution is -2.38. The Morgan fingerprint density at radius 1 is 1.43 bits per heavy atom. The standard InChI is InChI=1S/C14H24N2O3S.CH2O2/c1-2-10-20(17,18)15-11-13-5-7-16(8-6-13)12-14-4-3-9-19-14;2-1-3/h3-4,9,13,15H,2,5-8,10-12H2,1H3;1H,(H,2,3). The summed E-state index contributed by atoms with van der Waals surface area (Å²) in [6, 6.07) is 3.90. The summed E-state index contributed by atoms with van der Waals surface area (Å²) in [4.78, 5) is 10.7. The van der Waals surface area contributed by atoms with Crippen molar-refractivity contribution in [3.05, 3.63) is 24.2 Å². The van der Waals surface area contributed by atoms with Crippen LogP contribution in [0.5, 0.6) is 0 Å². The van der Waals surface area contributed by atoms with Crippen LogP contribution in [0.2, 0.25) is 0 Å². The van der Waals surface area contributed by atoms with Crippen LogP contribution in [0.25, 0.3) is 0 Å². The van der Waals surface area contributed by atoms with Gasteiger partial charge in [-0.3, -0.25) is 9.69 Å². The first-order chi connectivity index (χ1) is 11.0. The van der Waals surface area contributed by atoms with E-state index in [-0.39, 0.29) is 12.2 Å². The lowest BCUT2D eigenvalue weighted by Gasteiger charge is -2.31. The first kappa shape index (κ1) is 19.7. The maximum absolute atomic E-state index is 11.6. The molecule has 0 spiro atoms. The van der Waals surface area contributed by atoms with Crippen molar-refractivity contribution in [3.8, 4) is 0 Å². The van der Waals surface area contributed by atoms with E-state index in [9.17, 15) is 8.42 Å². The van der Waals surface area contributed by atoms with Crippen LogP contribution in [0.3, 0.4) is 0 Å². The van der Waals surface area contributed by atoms with Gasteiger partial charge in [0.05, 0.1) is 18.6 Å². The minimum atomic E-state index is -3.06. The molecule has 0 aromatic carbocycles. The summed E-state index contributed by atoms with van der Waals surface area (Å²) in [5.74, 6) is 1.67. The molecular formula is C15H26N2O5S. The van der Waals surface area contributed by atoms with Crippen LogP contribution >= 0.6 is 0 Å². The molecule has 0 atom stereocenters. The maximum Gasteiger partial charge on any atom is 0.290 e. The van der Waals surface area contributed by atoms with E-state index in [0.29, 0.717) is 18.9 Å². The molecule has 0 bridgehead atoms. The van der Waals surface area contributed by atoms with Gasteiger partial charge in [-0.25, -0.2) is 13.1 Å². The highest BCUT2D eigenvalue weighted by molar-refractivity contribution is 7.89. The summed E-state index contributed by atoms with van der Waals surface area (Å²) in [5.41, 5.74) is 0. The molecule has 0 amide bonds. The number of likely N-dealkylation sites (tertiary alicyclic amines) is 1. The fraction of sp³-hybridized carbons (Fsp3) is 0.667. The molecule has 1 saturated heterocycles. The first-order valence-electron chi connectivity index (χ1n) is 7.80. The number of rotatable bonds is 7. The summed E-state index contributed by atoms with van der Waals surface area (Å²) in [6.07, 6.45) is 4.44. The van der Waals surface area contributed by atoms with Crippen LogP contribution < -0.4 is 4.72 Å². The third-order valence-corrected chi connectivity index (χ3v) is 5.28. The number of carboxylic acid groups (broad SMARTS) is 1. The Kier molecular flexibility index (Phi) is 8.90. The van der Waals surface area contributed by atoms with E-state index in [2.05, 4.69) is 9.62 Å². The SMILES string of the molecule is CCCS(=O)(=O)NCC1CCN(Cc2ccco2)CC1.O=CO.